The molecule has 234 valence electrons. The molecule has 0 bridgehead atoms. The minimum Gasteiger partial charge on any atom is -0.461 e. The molecule has 3 atom stereocenters. The maximum Gasteiger partial charge on any atom is 0.319 e. The molecule has 2 aromatic heterocycles. The Morgan fingerprint density at radius 1 is 1.20 bits per heavy atom. The van der Waals surface area contributed by atoms with Crippen molar-refractivity contribution in [2.24, 2.45) is 0 Å². The first-order valence-electron chi connectivity index (χ1n) is 15.1. The number of hydrogen-bond acceptors (Lipinski definition) is 7. The van der Waals surface area contributed by atoms with Gasteiger partial charge in [-0.25, -0.2) is 13.2 Å². The van der Waals surface area contributed by atoms with Crippen molar-refractivity contribution >= 4 is 45.0 Å². The summed E-state index contributed by atoms with van der Waals surface area (Å²) in [5.74, 6) is -1.03. The second kappa shape index (κ2) is 11.4. The fraction of sp³-hybridized carbons (Fsp3) is 0.394. The highest BCUT2D eigenvalue weighted by Gasteiger charge is 2.49. The van der Waals surface area contributed by atoms with Crippen LogP contribution in [0.4, 0.5) is 19.0 Å². The smallest absolute Gasteiger partial charge is 0.319 e. The number of rotatable bonds is 7. The number of likely N-dealkylation sites (tertiary alicyclic amines) is 1. The largest absolute Gasteiger partial charge is 0.461 e. The van der Waals surface area contributed by atoms with Gasteiger partial charge in [-0.05, 0) is 49.4 Å². The van der Waals surface area contributed by atoms with E-state index in [9.17, 15) is 13.6 Å². The Labute approximate surface area is 263 Å². The zero-order valence-electron chi connectivity index (χ0n) is 24.8. The van der Waals surface area contributed by atoms with Gasteiger partial charge in [-0.2, -0.15) is 9.97 Å². The van der Waals surface area contributed by atoms with Crippen LogP contribution < -0.4 is 9.64 Å². The third kappa shape index (κ3) is 5.15. The van der Waals surface area contributed by atoms with Crippen molar-refractivity contribution < 1.29 is 22.7 Å². The van der Waals surface area contributed by atoms with Gasteiger partial charge in [0.25, 0.3) is 0 Å². The molecule has 8 nitrogen and oxygen atoms in total. The number of fused-ring (bicyclic) bond motifs is 3. The van der Waals surface area contributed by atoms with Gasteiger partial charge >= 0.3 is 6.01 Å². The van der Waals surface area contributed by atoms with Crippen molar-refractivity contribution in [2.45, 2.75) is 43.4 Å². The van der Waals surface area contributed by atoms with Crippen LogP contribution >= 0.6 is 11.6 Å². The van der Waals surface area contributed by atoms with Crippen LogP contribution in [0.2, 0.25) is 5.02 Å². The molecule has 3 aliphatic rings. The van der Waals surface area contributed by atoms with E-state index < -0.39 is 23.3 Å². The predicted molar refractivity (Wildman–Crippen MR) is 167 cm³/mol. The number of hydrogen-bond donors (Lipinski definition) is 0. The molecule has 0 aliphatic carbocycles. The lowest BCUT2D eigenvalue weighted by Gasteiger charge is -2.31. The summed E-state index contributed by atoms with van der Waals surface area (Å²) in [6.45, 7) is 5.93. The van der Waals surface area contributed by atoms with Crippen LogP contribution in [0.5, 0.6) is 6.01 Å². The molecule has 3 aliphatic heterocycles. The summed E-state index contributed by atoms with van der Waals surface area (Å²) in [4.78, 5) is 31.8. The normalized spacial score (nSPS) is 23.2. The summed E-state index contributed by atoms with van der Waals surface area (Å²) >= 11 is 6.32. The van der Waals surface area contributed by atoms with Gasteiger partial charge in [0.1, 0.15) is 35.6 Å². The summed E-state index contributed by atoms with van der Waals surface area (Å²) < 4.78 is 51.7. The highest BCUT2D eigenvalue weighted by molar-refractivity contribution is 6.36. The van der Waals surface area contributed by atoms with E-state index in [4.69, 9.17) is 21.3 Å². The van der Waals surface area contributed by atoms with E-state index >= 15 is 4.39 Å². The fourth-order valence-corrected chi connectivity index (χ4v) is 7.53. The molecule has 0 N–H and O–H groups in total. The van der Waals surface area contributed by atoms with Gasteiger partial charge in [-0.15, -0.1) is 0 Å². The Hall–Kier alpha value is -3.96. The lowest BCUT2D eigenvalue weighted by atomic mass is 9.95. The number of alkyl halides is 1. The monoisotopic (exact) mass is 636 g/mol. The molecule has 45 heavy (non-hydrogen) atoms. The van der Waals surface area contributed by atoms with Crippen LogP contribution in [0, 0.1) is 11.6 Å². The molecule has 4 aromatic rings. The highest BCUT2D eigenvalue weighted by Crippen LogP contribution is 2.41. The van der Waals surface area contributed by atoms with Crippen LogP contribution in [-0.4, -0.2) is 88.2 Å². The number of anilines is 1. The summed E-state index contributed by atoms with van der Waals surface area (Å²) in [5.41, 5.74) is -0.124. The molecular weight excluding hydrogens is 605 g/mol. The van der Waals surface area contributed by atoms with Gasteiger partial charge in [0.2, 0.25) is 5.91 Å². The second-order valence-electron chi connectivity index (χ2n) is 12.2. The van der Waals surface area contributed by atoms with E-state index in [2.05, 4.69) is 21.4 Å². The van der Waals surface area contributed by atoms with Gasteiger partial charge in [0.15, 0.2) is 5.82 Å². The molecule has 7 rings (SSSR count). The molecule has 1 amide bonds. The van der Waals surface area contributed by atoms with Crippen molar-refractivity contribution in [1.82, 2.24) is 24.8 Å². The van der Waals surface area contributed by atoms with E-state index in [-0.39, 0.29) is 40.8 Å². The van der Waals surface area contributed by atoms with Crippen molar-refractivity contribution in [1.29, 1.82) is 0 Å². The third-order valence-electron chi connectivity index (χ3n) is 9.57. The highest BCUT2D eigenvalue weighted by atomic mass is 35.5. The molecule has 3 fully saturated rings. The number of ether oxygens (including phenoxy) is 1. The van der Waals surface area contributed by atoms with E-state index in [0.29, 0.717) is 60.0 Å². The summed E-state index contributed by atoms with van der Waals surface area (Å²) in [6.07, 6.45) is 4.65. The third-order valence-corrected chi connectivity index (χ3v) is 9.88. The van der Waals surface area contributed by atoms with Gasteiger partial charge < -0.3 is 14.5 Å². The summed E-state index contributed by atoms with van der Waals surface area (Å²) in [5, 5.41) is 1.54. The first kappa shape index (κ1) is 29.7. The van der Waals surface area contributed by atoms with Crippen molar-refractivity contribution in [2.75, 3.05) is 44.7 Å². The Bertz CT molecular complexity index is 1840. The molecule has 2 aromatic carbocycles. The first-order chi connectivity index (χ1) is 21.7. The zero-order chi connectivity index (χ0) is 31.5. The van der Waals surface area contributed by atoms with Crippen molar-refractivity contribution in [3.8, 4) is 17.3 Å². The number of nitrogens with zero attached hydrogens (tertiary/aromatic N) is 6. The average Bonchev–Trinajstić information content (AvgIpc) is 3.74. The van der Waals surface area contributed by atoms with Gasteiger partial charge in [-0.1, -0.05) is 36.4 Å². The number of likely N-dealkylation sites (N-methyl/N-ethyl adjacent to an activating group) is 1. The average molecular weight is 637 g/mol. The Kier molecular flexibility index (Phi) is 7.56. The van der Waals surface area contributed by atoms with Gasteiger partial charge in [0, 0.05) is 56.3 Å². The zero-order valence-corrected chi connectivity index (χ0v) is 25.5. The Balaban J connectivity index is 1.33. The predicted octanol–water partition coefficient (Wildman–Crippen LogP) is 5.95. The first-order valence-corrected chi connectivity index (χ1v) is 15.5. The fourth-order valence-electron chi connectivity index (χ4n) is 7.26. The quantitative estimate of drug-likeness (QED) is 0.232. The lowest BCUT2D eigenvalue weighted by Crippen LogP contribution is -2.43. The molecule has 0 spiro atoms. The minimum absolute atomic E-state index is 0.0149. The number of pyridine rings is 1. The SMILES string of the molecule is C=CC(=O)N1CC[C@@H](N(C)c2nc(OC[C@@]34CCCN3C[C@H](F)C4)nc3c(F)c(-c4cccc5c(Cl)cc(F)cc45)ncc23)C1. The van der Waals surface area contributed by atoms with Crippen LogP contribution in [0.1, 0.15) is 25.7 Å². The van der Waals surface area contributed by atoms with Gasteiger partial charge in [-0.3, -0.25) is 14.7 Å². The van der Waals surface area contributed by atoms with Crippen molar-refractivity contribution in [3.05, 3.63) is 65.8 Å². The van der Waals surface area contributed by atoms with E-state index in [1.54, 1.807) is 23.1 Å². The van der Waals surface area contributed by atoms with Crippen LogP contribution in [0.15, 0.2) is 49.2 Å². The number of amides is 1. The van der Waals surface area contributed by atoms with E-state index in [0.717, 1.165) is 19.4 Å². The molecule has 0 radical (unpaired) electrons. The number of carbonyl (C=O) groups excluding carboxylic acids is 1. The Morgan fingerprint density at radius 2 is 2.04 bits per heavy atom. The summed E-state index contributed by atoms with van der Waals surface area (Å²) in [7, 11) is 1.83. The van der Waals surface area contributed by atoms with Crippen molar-refractivity contribution in [3.63, 3.8) is 0 Å². The van der Waals surface area contributed by atoms with Crippen LogP contribution in [0.25, 0.3) is 32.9 Å². The lowest BCUT2D eigenvalue weighted by molar-refractivity contribution is -0.125. The minimum atomic E-state index is -0.929. The maximum atomic E-state index is 16.6. The number of carbonyl (C=O) groups is 1. The summed E-state index contributed by atoms with van der Waals surface area (Å²) in [6, 6.07) is 7.47. The molecule has 0 unspecified atom stereocenters. The number of benzene rings is 2. The van der Waals surface area contributed by atoms with Crippen LogP contribution in [-0.2, 0) is 4.79 Å². The van der Waals surface area contributed by atoms with Crippen LogP contribution in [0.3, 0.4) is 0 Å². The van der Waals surface area contributed by atoms with E-state index in [1.807, 2.05) is 11.9 Å². The second-order valence-corrected chi connectivity index (χ2v) is 12.6. The Morgan fingerprint density at radius 3 is 2.87 bits per heavy atom. The molecule has 12 heteroatoms. The maximum absolute atomic E-state index is 16.6. The molecule has 5 heterocycles. The molecule has 0 saturated carbocycles. The van der Waals surface area contributed by atoms with Gasteiger partial charge in [0.05, 0.1) is 15.9 Å². The topological polar surface area (TPSA) is 74.7 Å². The standard InChI is InChI=1S/C33H32ClF3N6O2/c1-3-27(44)42-11-8-21(17-42)41(2)31-25-15-38-29(23-7-4-6-22-24(23)12-19(35)13-26(22)34)28(37)30(25)39-32(40-31)45-18-33-9-5-10-43(33)16-20(36)14-33/h3-4,6-7,12-13,15,20-21H,1,5,8-11,14,16-18H2,2H3/t20-,21-,33+/m1/s1. The number of aromatic nitrogens is 3. The van der Waals surface area contributed by atoms with E-state index in [1.165, 1.54) is 24.4 Å². The number of halogens is 4. The molecule has 3 saturated heterocycles. The molecular formula is C33H32ClF3N6O2.